The third-order valence-corrected chi connectivity index (χ3v) is 4.22. The third-order valence-electron chi connectivity index (χ3n) is 4.22. The second kappa shape index (κ2) is 7.60. The lowest BCUT2D eigenvalue weighted by Crippen LogP contribution is -2.29. The summed E-state index contributed by atoms with van der Waals surface area (Å²) in [6.45, 7) is 1.71. The summed E-state index contributed by atoms with van der Waals surface area (Å²) in [4.78, 5) is 0. The summed E-state index contributed by atoms with van der Waals surface area (Å²) < 4.78 is 24.5. The SMILES string of the molecule is COc1ccc(COCC2CCCCC2CN)c(F)c1. The van der Waals surface area contributed by atoms with E-state index in [1.54, 1.807) is 12.1 Å². The van der Waals surface area contributed by atoms with Crippen molar-refractivity contribution in [2.75, 3.05) is 20.3 Å². The van der Waals surface area contributed by atoms with Gasteiger partial charge in [-0.25, -0.2) is 4.39 Å². The summed E-state index contributed by atoms with van der Waals surface area (Å²) in [5, 5.41) is 0. The largest absolute Gasteiger partial charge is 0.497 e. The number of halogens is 1. The van der Waals surface area contributed by atoms with Crippen LogP contribution in [0.4, 0.5) is 4.39 Å². The van der Waals surface area contributed by atoms with Gasteiger partial charge >= 0.3 is 0 Å². The van der Waals surface area contributed by atoms with E-state index in [4.69, 9.17) is 15.2 Å². The lowest BCUT2D eigenvalue weighted by Gasteiger charge is -2.30. The predicted molar refractivity (Wildman–Crippen MR) is 77.1 cm³/mol. The number of rotatable bonds is 6. The molecule has 2 atom stereocenters. The predicted octanol–water partition coefficient (Wildman–Crippen LogP) is 3.12. The summed E-state index contributed by atoms with van der Waals surface area (Å²) in [7, 11) is 1.53. The van der Waals surface area contributed by atoms with E-state index in [1.807, 2.05) is 0 Å². The fourth-order valence-corrected chi connectivity index (χ4v) is 2.91. The van der Waals surface area contributed by atoms with Gasteiger partial charge in [-0.15, -0.1) is 0 Å². The zero-order chi connectivity index (χ0) is 14.4. The Morgan fingerprint density at radius 3 is 2.65 bits per heavy atom. The average Bonchev–Trinajstić information content (AvgIpc) is 2.49. The monoisotopic (exact) mass is 281 g/mol. The highest BCUT2D eigenvalue weighted by atomic mass is 19.1. The summed E-state index contributed by atoms with van der Waals surface area (Å²) in [5.74, 6) is 1.34. The van der Waals surface area contributed by atoms with Gasteiger partial charge in [0.15, 0.2) is 0 Å². The first-order valence-electron chi connectivity index (χ1n) is 7.34. The number of hydrogen-bond acceptors (Lipinski definition) is 3. The molecule has 3 nitrogen and oxygen atoms in total. The fraction of sp³-hybridized carbons (Fsp3) is 0.625. The van der Waals surface area contributed by atoms with E-state index in [2.05, 4.69) is 0 Å². The Hall–Kier alpha value is -1.13. The molecule has 4 heteroatoms. The van der Waals surface area contributed by atoms with Gasteiger partial charge in [-0.1, -0.05) is 18.9 Å². The minimum atomic E-state index is -0.275. The summed E-state index contributed by atoms with van der Waals surface area (Å²) in [6.07, 6.45) is 4.89. The first-order valence-corrected chi connectivity index (χ1v) is 7.34. The Kier molecular flexibility index (Phi) is 5.80. The molecule has 1 aliphatic rings. The zero-order valence-electron chi connectivity index (χ0n) is 12.1. The number of benzene rings is 1. The number of hydrogen-bond donors (Lipinski definition) is 1. The van der Waals surface area contributed by atoms with Gasteiger partial charge < -0.3 is 15.2 Å². The molecular formula is C16H24FNO2. The Morgan fingerprint density at radius 2 is 2.00 bits per heavy atom. The van der Waals surface area contributed by atoms with Crippen molar-refractivity contribution < 1.29 is 13.9 Å². The van der Waals surface area contributed by atoms with Crippen LogP contribution in [0, 0.1) is 17.7 Å². The molecule has 1 aliphatic carbocycles. The van der Waals surface area contributed by atoms with Gasteiger partial charge in [0.1, 0.15) is 11.6 Å². The van der Waals surface area contributed by atoms with E-state index in [1.165, 1.54) is 38.9 Å². The van der Waals surface area contributed by atoms with Crippen LogP contribution in [0.2, 0.25) is 0 Å². The van der Waals surface area contributed by atoms with Crippen LogP contribution < -0.4 is 10.5 Å². The second-order valence-electron chi connectivity index (χ2n) is 5.51. The van der Waals surface area contributed by atoms with Crippen LogP contribution in [0.25, 0.3) is 0 Å². The number of methoxy groups -OCH3 is 1. The summed E-state index contributed by atoms with van der Waals surface area (Å²) in [5.41, 5.74) is 6.38. The molecule has 0 saturated heterocycles. The standard InChI is InChI=1S/C16H24FNO2/c1-19-15-7-6-14(16(17)8-15)11-20-10-13-5-3-2-4-12(13)9-18/h6-8,12-13H,2-5,9-11,18H2,1H3. The van der Waals surface area contributed by atoms with Crippen LogP contribution >= 0.6 is 0 Å². The smallest absolute Gasteiger partial charge is 0.132 e. The number of nitrogens with two attached hydrogens (primary N) is 1. The van der Waals surface area contributed by atoms with Crippen molar-refractivity contribution in [2.24, 2.45) is 17.6 Å². The molecule has 20 heavy (non-hydrogen) atoms. The molecule has 1 fully saturated rings. The van der Waals surface area contributed by atoms with E-state index in [0.29, 0.717) is 36.4 Å². The van der Waals surface area contributed by atoms with Crippen molar-refractivity contribution in [2.45, 2.75) is 32.3 Å². The van der Waals surface area contributed by atoms with Gasteiger partial charge in [-0.3, -0.25) is 0 Å². The number of ether oxygens (including phenoxy) is 2. The molecule has 2 N–H and O–H groups in total. The topological polar surface area (TPSA) is 44.5 Å². The highest BCUT2D eigenvalue weighted by Gasteiger charge is 2.23. The van der Waals surface area contributed by atoms with Gasteiger partial charge in [-0.05, 0) is 37.3 Å². The molecule has 0 spiro atoms. The summed E-state index contributed by atoms with van der Waals surface area (Å²) in [6, 6.07) is 4.86. The molecular weight excluding hydrogens is 257 g/mol. The van der Waals surface area contributed by atoms with Gasteiger partial charge in [0.2, 0.25) is 0 Å². The minimum absolute atomic E-state index is 0.275. The van der Waals surface area contributed by atoms with Crippen LogP contribution in [-0.4, -0.2) is 20.3 Å². The van der Waals surface area contributed by atoms with Crippen LogP contribution in [-0.2, 0) is 11.3 Å². The lowest BCUT2D eigenvalue weighted by atomic mass is 9.80. The van der Waals surface area contributed by atoms with Gasteiger partial charge in [0.25, 0.3) is 0 Å². The van der Waals surface area contributed by atoms with E-state index < -0.39 is 0 Å². The Labute approximate surface area is 120 Å². The normalized spacial score (nSPS) is 22.8. The first kappa shape index (κ1) is 15.3. The molecule has 0 heterocycles. The Morgan fingerprint density at radius 1 is 1.25 bits per heavy atom. The molecule has 2 unspecified atom stereocenters. The molecule has 0 bridgehead atoms. The maximum atomic E-state index is 13.8. The van der Waals surface area contributed by atoms with Gasteiger partial charge in [0, 0.05) is 11.6 Å². The molecule has 112 valence electrons. The van der Waals surface area contributed by atoms with Crippen LogP contribution in [0.15, 0.2) is 18.2 Å². The quantitative estimate of drug-likeness (QED) is 0.871. The first-order chi connectivity index (χ1) is 9.74. The minimum Gasteiger partial charge on any atom is -0.497 e. The molecule has 0 amide bonds. The Balaban J connectivity index is 1.83. The van der Waals surface area contributed by atoms with Crippen LogP contribution in [0.1, 0.15) is 31.2 Å². The van der Waals surface area contributed by atoms with Crippen molar-refractivity contribution in [3.8, 4) is 5.75 Å². The van der Waals surface area contributed by atoms with E-state index in [-0.39, 0.29) is 5.82 Å². The molecule has 1 aromatic rings. The van der Waals surface area contributed by atoms with Crippen molar-refractivity contribution in [3.63, 3.8) is 0 Å². The van der Waals surface area contributed by atoms with E-state index in [9.17, 15) is 4.39 Å². The molecule has 0 aliphatic heterocycles. The van der Waals surface area contributed by atoms with Crippen molar-refractivity contribution in [1.82, 2.24) is 0 Å². The average molecular weight is 281 g/mol. The van der Waals surface area contributed by atoms with Gasteiger partial charge in [0.05, 0.1) is 20.3 Å². The van der Waals surface area contributed by atoms with Crippen LogP contribution in [0.3, 0.4) is 0 Å². The van der Waals surface area contributed by atoms with Crippen LogP contribution in [0.5, 0.6) is 5.75 Å². The van der Waals surface area contributed by atoms with E-state index >= 15 is 0 Å². The van der Waals surface area contributed by atoms with Crippen molar-refractivity contribution in [3.05, 3.63) is 29.6 Å². The Bertz CT molecular complexity index is 425. The maximum Gasteiger partial charge on any atom is 0.132 e. The molecule has 0 aromatic heterocycles. The molecule has 1 aromatic carbocycles. The fourth-order valence-electron chi connectivity index (χ4n) is 2.91. The highest BCUT2D eigenvalue weighted by molar-refractivity contribution is 5.28. The van der Waals surface area contributed by atoms with Gasteiger partial charge in [-0.2, -0.15) is 0 Å². The summed E-state index contributed by atoms with van der Waals surface area (Å²) >= 11 is 0. The highest BCUT2D eigenvalue weighted by Crippen LogP contribution is 2.29. The molecule has 1 saturated carbocycles. The lowest BCUT2D eigenvalue weighted by molar-refractivity contribution is 0.0499. The third kappa shape index (κ3) is 3.93. The van der Waals surface area contributed by atoms with Crippen molar-refractivity contribution in [1.29, 1.82) is 0 Å². The van der Waals surface area contributed by atoms with Crippen molar-refractivity contribution >= 4 is 0 Å². The molecule has 0 radical (unpaired) electrons. The zero-order valence-corrected chi connectivity index (χ0v) is 12.1. The second-order valence-corrected chi connectivity index (χ2v) is 5.51. The van der Waals surface area contributed by atoms with E-state index in [0.717, 1.165) is 6.54 Å². The molecule has 2 rings (SSSR count). The maximum absolute atomic E-state index is 13.8.